The van der Waals surface area contributed by atoms with E-state index in [1.54, 1.807) is 19.9 Å². The number of halogens is 1. The minimum absolute atomic E-state index is 0.0145. The highest BCUT2D eigenvalue weighted by Gasteiger charge is 2.47. The van der Waals surface area contributed by atoms with Crippen LogP contribution in [0.5, 0.6) is 5.75 Å². The van der Waals surface area contributed by atoms with Gasteiger partial charge in [0.2, 0.25) is 0 Å². The minimum atomic E-state index is -1.73. The molecule has 2 aromatic carbocycles. The highest BCUT2D eigenvalue weighted by molar-refractivity contribution is 7.80. The summed E-state index contributed by atoms with van der Waals surface area (Å²) in [7, 11) is 1.42. The molecule has 1 atom stereocenters. The van der Waals surface area contributed by atoms with Crippen molar-refractivity contribution in [3.8, 4) is 5.75 Å². The third-order valence-electron chi connectivity index (χ3n) is 4.88. The second kappa shape index (κ2) is 12.0. The number of nitrogens with one attached hydrogen (secondary N) is 2. The van der Waals surface area contributed by atoms with Crippen LogP contribution in [0.25, 0.3) is 0 Å². The van der Waals surface area contributed by atoms with Gasteiger partial charge in [0.25, 0.3) is 0 Å². The van der Waals surface area contributed by atoms with Gasteiger partial charge in [-0.15, -0.1) is 0 Å². The maximum absolute atomic E-state index is 15.3. The molecule has 2 N–H and O–H groups in total. The highest BCUT2D eigenvalue weighted by atomic mass is 32.1. The van der Waals surface area contributed by atoms with E-state index in [4.69, 9.17) is 26.4 Å². The monoisotopic (exact) mass is 504 g/mol. The number of benzene rings is 2. The summed E-state index contributed by atoms with van der Waals surface area (Å²) in [4.78, 5) is 25.9. The normalized spacial score (nSPS) is 12.9. The smallest absolute Gasteiger partial charge is 0.413 e. The fourth-order valence-corrected chi connectivity index (χ4v) is 3.85. The number of amides is 1. The van der Waals surface area contributed by atoms with E-state index in [0.717, 1.165) is 5.56 Å². The van der Waals surface area contributed by atoms with Crippen molar-refractivity contribution in [1.29, 1.82) is 0 Å². The number of esters is 1. The van der Waals surface area contributed by atoms with Crippen LogP contribution >= 0.6 is 12.2 Å². The first-order valence-electron chi connectivity index (χ1n) is 11.2. The van der Waals surface area contributed by atoms with Gasteiger partial charge in [0.05, 0.1) is 13.2 Å². The topological polar surface area (TPSA) is 85.9 Å². The van der Waals surface area contributed by atoms with Gasteiger partial charge in [-0.3, -0.25) is 5.32 Å². The first-order valence-corrected chi connectivity index (χ1v) is 11.6. The molecule has 0 aliphatic heterocycles. The van der Waals surface area contributed by atoms with Crippen molar-refractivity contribution >= 4 is 29.4 Å². The zero-order valence-corrected chi connectivity index (χ0v) is 21.8. The van der Waals surface area contributed by atoms with E-state index in [-0.39, 0.29) is 23.7 Å². The van der Waals surface area contributed by atoms with Gasteiger partial charge >= 0.3 is 12.1 Å². The van der Waals surface area contributed by atoms with Crippen LogP contribution in [0.2, 0.25) is 0 Å². The molecule has 0 spiro atoms. The standard InChI is InChI=1S/C26H33FN2O5S/c1-17(2)34-22(30)26(16-25(3,4)5,20-13-12-19(32-6)14-21(20)27)29-23(35)28-24(31)33-15-18-10-8-7-9-11-18/h7-14,17H,15-16H2,1-6H3,(H2,28,29,31,35). The molecule has 0 bridgehead atoms. The summed E-state index contributed by atoms with van der Waals surface area (Å²) in [6.07, 6.45) is -1.18. The third-order valence-corrected chi connectivity index (χ3v) is 5.08. The fraction of sp³-hybridized carbons (Fsp3) is 0.423. The van der Waals surface area contributed by atoms with Crippen molar-refractivity contribution < 1.29 is 28.2 Å². The number of carbonyl (C=O) groups is 2. The Morgan fingerprint density at radius 2 is 1.74 bits per heavy atom. The predicted molar refractivity (Wildman–Crippen MR) is 135 cm³/mol. The summed E-state index contributed by atoms with van der Waals surface area (Å²) < 4.78 is 31.2. The number of carbonyl (C=O) groups excluding carboxylic acids is 2. The molecule has 0 saturated heterocycles. The molecular formula is C26H33FN2O5S. The summed E-state index contributed by atoms with van der Waals surface area (Å²) in [6.45, 7) is 9.13. The lowest BCUT2D eigenvalue weighted by Gasteiger charge is -2.39. The van der Waals surface area contributed by atoms with Crippen LogP contribution in [0.3, 0.4) is 0 Å². The Morgan fingerprint density at radius 1 is 1.09 bits per heavy atom. The van der Waals surface area contributed by atoms with Crippen LogP contribution < -0.4 is 15.4 Å². The van der Waals surface area contributed by atoms with Crippen molar-refractivity contribution in [2.24, 2.45) is 5.41 Å². The maximum atomic E-state index is 15.3. The minimum Gasteiger partial charge on any atom is -0.497 e. The van der Waals surface area contributed by atoms with E-state index in [0.29, 0.717) is 5.75 Å². The van der Waals surface area contributed by atoms with Crippen molar-refractivity contribution in [1.82, 2.24) is 10.6 Å². The lowest BCUT2D eigenvalue weighted by molar-refractivity contribution is -0.157. The zero-order valence-electron chi connectivity index (χ0n) is 20.9. The molecule has 35 heavy (non-hydrogen) atoms. The summed E-state index contributed by atoms with van der Waals surface area (Å²) in [5.74, 6) is -1.12. The van der Waals surface area contributed by atoms with Crippen molar-refractivity contribution in [3.63, 3.8) is 0 Å². The number of ether oxygens (including phenoxy) is 3. The van der Waals surface area contributed by atoms with Crippen LogP contribution in [-0.4, -0.2) is 30.4 Å². The number of alkyl carbamates (subject to hydrolysis) is 1. The van der Waals surface area contributed by atoms with Crippen molar-refractivity contribution in [2.75, 3.05) is 7.11 Å². The molecule has 0 aliphatic rings. The van der Waals surface area contributed by atoms with Crippen LogP contribution in [0.1, 0.15) is 52.2 Å². The molecule has 0 saturated carbocycles. The molecule has 0 aliphatic carbocycles. The van der Waals surface area contributed by atoms with E-state index in [9.17, 15) is 9.59 Å². The lowest BCUT2D eigenvalue weighted by atomic mass is 9.75. The molecule has 0 fully saturated rings. The summed E-state index contributed by atoms with van der Waals surface area (Å²) in [5.41, 5.74) is -1.40. The van der Waals surface area contributed by atoms with Gasteiger partial charge in [-0.2, -0.15) is 0 Å². The molecule has 0 radical (unpaired) electrons. The van der Waals surface area contributed by atoms with Crippen LogP contribution in [0, 0.1) is 11.2 Å². The third kappa shape index (κ3) is 8.20. The van der Waals surface area contributed by atoms with Gasteiger partial charge in [0, 0.05) is 11.6 Å². The van der Waals surface area contributed by atoms with Gasteiger partial charge in [0.1, 0.15) is 18.2 Å². The van der Waals surface area contributed by atoms with Crippen LogP contribution in [0.15, 0.2) is 48.5 Å². The van der Waals surface area contributed by atoms with E-state index in [2.05, 4.69) is 10.6 Å². The first kappa shape index (κ1) is 28.0. The van der Waals surface area contributed by atoms with E-state index in [1.165, 1.54) is 19.2 Å². The number of rotatable bonds is 8. The van der Waals surface area contributed by atoms with Crippen LogP contribution in [-0.2, 0) is 26.4 Å². The second-order valence-electron chi connectivity index (χ2n) is 9.58. The van der Waals surface area contributed by atoms with Gasteiger partial charge in [-0.25, -0.2) is 14.0 Å². The van der Waals surface area contributed by atoms with Crippen LogP contribution in [0.4, 0.5) is 9.18 Å². The summed E-state index contributed by atoms with van der Waals surface area (Å²) >= 11 is 5.35. The van der Waals surface area contributed by atoms with E-state index < -0.39 is 34.9 Å². The second-order valence-corrected chi connectivity index (χ2v) is 9.99. The molecule has 2 rings (SSSR count). The largest absolute Gasteiger partial charge is 0.497 e. The Balaban J connectivity index is 2.38. The number of hydrogen-bond donors (Lipinski definition) is 2. The molecule has 7 nitrogen and oxygen atoms in total. The predicted octanol–water partition coefficient (Wildman–Crippen LogP) is 5.22. The summed E-state index contributed by atoms with van der Waals surface area (Å²) in [6, 6.07) is 13.3. The Hall–Kier alpha value is -3.20. The zero-order chi connectivity index (χ0) is 26.2. The molecule has 1 amide bonds. The average Bonchev–Trinajstić information content (AvgIpc) is 2.76. The molecule has 0 aromatic heterocycles. The maximum Gasteiger partial charge on any atom is 0.413 e. The van der Waals surface area contributed by atoms with Gasteiger partial charge in [0.15, 0.2) is 10.7 Å². The van der Waals surface area contributed by atoms with E-state index >= 15 is 4.39 Å². The molecular weight excluding hydrogens is 471 g/mol. The molecule has 9 heteroatoms. The first-order chi connectivity index (χ1) is 16.4. The molecule has 0 heterocycles. The summed E-state index contributed by atoms with van der Waals surface area (Å²) in [5, 5.41) is 5.09. The SMILES string of the molecule is COc1ccc(C(CC(C)(C)C)(NC(=S)NC(=O)OCc2ccccc2)C(=O)OC(C)C)c(F)c1. The quantitative estimate of drug-likeness (QED) is 0.377. The molecule has 190 valence electrons. The number of methoxy groups -OCH3 is 1. The number of hydrogen-bond acceptors (Lipinski definition) is 6. The Bertz CT molecular complexity index is 1040. The van der Waals surface area contributed by atoms with Gasteiger partial charge in [-0.1, -0.05) is 51.1 Å². The highest BCUT2D eigenvalue weighted by Crippen LogP contribution is 2.38. The Kier molecular flexibility index (Phi) is 9.59. The lowest BCUT2D eigenvalue weighted by Crippen LogP contribution is -2.58. The Labute approximate surface area is 211 Å². The van der Waals surface area contributed by atoms with Gasteiger partial charge in [-0.05, 0) is 55.6 Å². The molecule has 1 unspecified atom stereocenters. The fourth-order valence-electron chi connectivity index (χ4n) is 3.60. The van der Waals surface area contributed by atoms with Gasteiger partial charge < -0.3 is 19.5 Å². The van der Waals surface area contributed by atoms with E-state index in [1.807, 2.05) is 51.1 Å². The molecule has 2 aromatic rings. The Morgan fingerprint density at radius 3 is 2.29 bits per heavy atom. The number of thiocarbonyl (C=S) groups is 1. The van der Waals surface area contributed by atoms with Crippen molar-refractivity contribution in [2.45, 2.75) is 59.3 Å². The average molecular weight is 505 g/mol. The van der Waals surface area contributed by atoms with Crippen molar-refractivity contribution in [3.05, 3.63) is 65.5 Å².